The first-order valence-corrected chi connectivity index (χ1v) is 9.49. The molecule has 2 aromatic rings. The van der Waals surface area contributed by atoms with Crippen molar-refractivity contribution in [3.63, 3.8) is 0 Å². The Morgan fingerprint density at radius 3 is 2.76 bits per heavy atom. The molecule has 1 aliphatic heterocycles. The number of piperidine rings is 1. The predicted octanol–water partition coefficient (Wildman–Crippen LogP) is 1.93. The van der Waals surface area contributed by atoms with Gasteiger partial charge in [-0.25, -0.2) is 4.98 Å². The Bertz CT molecular complexity index is 738. The van der Waals surface area contributed by atoms with Crippen molar-refractivity contribution >= 4 is 34.0 Å². The number of aromatic amines is 1. The number of hydrogen-bond acceptors (Lipinski definition) is 7. The summed E-state index contributed by atoms with van der Waals surface area (Å²) in [6.07, 6.45) is 1.72. The summed E-state index contributed by atoms with van der Waals surface area (Å²) in [5, 5.41) is 22.5. The van der Waals surface area contributed by atoms with Gasteiger partial charge in [-0.05, 0) is 26.2 Å². The molecule has 1 unspecified atom stereocenters. The molecule has 0 spiro atoms. The van der Waals surface area contributed by atoms with E-state index >= 15 is 0 Å². The van der Waals surface area contributed by atoms with Gasteiger partial charge in [0.25, 0.3) is 5.91 Å². The van der Waals surface area contributed by atoms with Gasteiger partial charge in [-0.2, -0.15) is 0 Å². The Morgan fingerprint density at radius 2 is 2.20 bits per heavy atom. The lowest BCUT2D eigenvalue weighted by Gasteiger charge is -2.31. The van der Waals surface area contributed by atoms with Crippen molar-refractivity contribution in [1.82, 2.24) is 25.5 Å². The van der Waals surface area contributed by atoms with E-state index in [4.69, 9.17) is 11.6 Å². The van der Waals surface area contributed by atoms with Crippen LogP contribution in [0.4, 0.5) is 5.13 Å². The monoisotopic (exact) mass is 384 g/mol. The van der Waals surface area contributed by atoms with Crippen LogP contribution in [-0.4, -0.2) is 50.3 Å². The Balaban J connectivity index is 1.54. The van der Waals surface area contributed by atoms with Crippen LogP contribution in [0, 0.1) is 0 Å². The Labute approximate surface area is 154 Å². The van der Waals surface area contributed by atoms with Crippen molar-refractivity contribution in [1.29, 1.82) is 0 Å². The van der Waals surface area contributed by atoms with Crippen molar-refractivity contribution in [2.45, 2.75) is 45.3 Å². The first kappa shape index (κ1) is 18.1. The fraction of sp³-hybridized carbons (Fsp3) is 0.600. The van der Waals surface area contributed by atoms with E-state index in [-0.39, 0.29) is 17.8 Å². The maximum atomic E-state index is 12.3. The normalized spacial score (nSPS) is 16.9. The molecule has 8 nitrogen and oxygen atoms in total. The third-order valence-electron chi connectivity index (χ3n) is 4.18. The number of aliphatic hydroxyl groups excluding tert-OH is 1. The molecule has 3 heterocycles. The molecule has 0 aromatic carbocycles. The summed E-state index contributed by atoms with van der Waals surface area (Å²) < 4.78 is 0. The maximum absolute atomic E-state index is 12.3. The van der Waals surface area contributed by atoms with Gasteiger partial charge >= 0.3 is 0 Å². The van der Waals surface area contributed by atoms with Gasteiger partial charge in [0.2, 0.25) is 5.13 Å². The number of imidazole rings is 1. The highest BCUT2D eigenvalue weighted by Gasteiger charge is 2.25. The Hall–Kier alpha value is -1.71. The largest absolute Gasteiger partial charge is 0.386 e. The maximum Gasteiger partial charge on any atom is 0.287 e. The zero-order chi connectivity index (χ0) is 18.0. The summed E-state index contributed by atoms with van der Waals surface area (Å²) >= 11 is 7.39. The van der Waals surface area contributed by atoms with Gasteiger partial charge < -0.3 is 20.3 Å². The topological polar surface area (TPSA) is 107 Å². The van der Waals surface area contributed by atoms with Crippen molar-refractivity contribution in [2.75, 3.05) is 18.0 Å². The molecule has 1 saturated heterocycles. The third-order valence-corrected chi connectivity index (χ3v) is 5.65. The number of hydrogen-bond donors (Lipinski definition) is 3. The average molecular weight is 385 g/mol. The van der Waals surface area contributed by atoms with Crippen molar-refractivity contribution in [2.24, 2.45) is 0 Å². The van der Waals surface area contributed by atoms with Gasteiger partial charge in [0, 0.05) is 19.1 Å². The fourth-order valence-electron chi connectivity index (χ4n) is 2.72. The predicted molar refractivity (Wildman–Crippen MR) is 96.2 cm³/mol. The Morgan fingerprint density at radius 1 is 1.48 bits per heavy atom. The van der Waals surface area contributed by atoms with Crippen LogP contribution in [0.25, 0.3) is 0 Å². The highest BCUT2D eigenvalue weighted by atomic mass is 35.5. The lowest BCUT2D eigenvalue weighted by Crippen LogP contribution is -2.45. The minimum absolute atomic E-state index is 0.0851. The van der Waals surface area contributed by atoms with Crippen molar-refractivity contribution < 1.29 is 9.90 Å². The van der Waals surface area contributed by atoms with Crippen molar-refractivity contribution in [3.8, 4) is 0 Å². The van der Waals surface area contributed by atoms with Gasteiger partial charge in [-0.1, -0.05) is 29.9 Å². The number of H-pyrrole nitrogens is 1. The minimum atomic E-state index is -0.601. The van der Waals surface area contributed by atoms with Crippen molar-refractivity contribution in [3.05, 3.63) is 21.7 Å². The second kappa shape index (κ2) is 7.67. The van der Waals surface area contributed by atoms with Crippen LogP contribution in [0.3, 0.4) is 0 Å². The summed E-state index contributed by atoms with van der Waals surface area (Å²) in [6, 6.07) is 0.0851. The fourth-order valence-corrected chi connectivity index (χ4v) is 3.82. The number of nitrogens with one attached hydrogen (secondary N) is 2. The van der Waals surface area contributed by atoms with Gasteiger partial charge in [0.1, 0.15) is 11.1 Å². The van der Waals surface area contributed by atoms with Gasteiger partial charge in [-0.3, -0.25) is 4.79 Å². The van der Waals surface area contributed by atoms with Gasteiger partial charge in [0.15, 0.2) is 11.0 Å². The molecule has 0 saturated carbocycles. The highest BCUT2D eigenvalue weighted by molar-refractivity contribution is 7.15. The molecular formula is C15H21ClN6O2S. The lowest BCUT2D eigenvalue weighted by molar-refractivity contribution is 0.0921. The second-order valence-electron chi connectivity index (χ2n) is 6.04. The van der Waals surface area contributed by atoms with E-state index < -0.39 is 6.10 Å². The van der Waals surface area contributed by atoms with Crippen LogP contribution in [0.15, 0.2) is 0 Å². The van der Waals surface area contributed by atoms with Crippen LogP contribution in [0.2, 0.25) is 5.15 Å². The molecule has 25 heavy (non-hydrogen) atoms. The molecular weight excluding hydrogens is 364 g/mol. The van der Waals surface area contributed by atoms with Gasteiger partial charge in [0.05, 0.1) is 5.69 Å². The number of aliphatic hydroxyl groups is 1. The second-order valence-corrected chi connectivity index (χ2v) is 7.39. The number of carbonyl (C=O) groups is 1. The lowest BCUT2D eigenvalue weighted by atomic mass is 10.1. The number of rotatable bonds is 5. The third kappa shape index (κ3) is 4.10. The number of aromatic nitrogens is 4. The summed E-state index contributed by atoms with van der Waals surface area (Å²) in [4.78, 5) is 21.5. The average Bonchev–Trinajstić information content (AvgIpc) is 3.22. The molecule has 1 atom stereocenters. The van der Waals surface area contributed by atoms with E-state index in [1.165, 1.54) is 11.3 Å². The zero-order valence-electron chi connectivity index (χ0n) is 14.1. The Kier molecular flexibility index (Phi) is 5.55. The van der Waals surface area contributed by atoms with Gasteiger partial charge in [-0.15, -0.1) is 10.2 Å². The molecule has 0 bridgehead atoms. The molecule has 0 aliphatic carbocycles. The van der Waals surface area contributed by atoms with Crippen LogP contribution < -0.4 is 10.2 Å². The molecule has 3 N–H and O–H groups in total. The highest BCUT2D eigenvalue weighted by Crippen LogP contribution is 2.27. The molecule has 136 valence electrons. The number of carbonyl (C=O) groups excluding carboxylic acids is 1. The summed E-state index contributed by atoms with van der Waals surface area (Å²) in [5.41, 5.74) is 0.770. The number of nitrogens with zero attached hydrogens (tertiary/aromatic N) is 4. The van der Waals surface area contributed by atoms with Crippen LogP contribution in [0.1, 0.15) is 54.1 Å². The zero-order valence-corrected chi connectivity index (χ0v) is 15.7. The smallest absolute Gasteiger partial charge is 0.287 e. The molecule has 3 rings (SSSR count). The number of amides is 1. The van der Waals surface area contributed by atoms with Crippen LogP contribution in [0.5, 0.6) is 0 Å². The molecule has 1 aliphatic rings. The first-order chi connectivity index (χ1) is 12.0. The SMILES string of the molecule is CCc1[nH]c(C(=O)NC2CCN(c3nnc(C(C)O)s3)CC2)nc1Cl. The number of aryl methyl sites for hydroxylation is 1. The van der Waals surface area contributed by atoms with E-state index in [2.05, 4.69) is 30.4 Å². The molecule has 1 amide bonds. The summed E-state index contributed by atoms with van der Waals surface area (Å²) in [6.45, 7) is 5.18. The van der Waals surface area contributed by atoms with Crippen LogP contribution in [-0.2, 0) is 6.42 Å². The summed E-state index contributed by atoms with van der Waals surface area (Å²) in [5.74, 6) is 0.0299. The minimum Gasteiger partial charge on any atom is -0.386 e. The summed E-state index contributed by atoms with van der Waals surface area (Å²) in [7, 11) is 0. The van der Waals surface area contributed by atoms with Crippen LogP contribution >= 0.6 is 22.9 Å². The molecule has 1 fully saturated rings. The van der Waals surface area contributed by atoms with E-state index in [0.717, 1.165) is 36.8 Å². The van der Waals surface area contributed by atoms with E-state index in [9.17, 15) is 9.90 Å². The molecule has 10 heteroatoms. The standard InChI is InChI=1S/C15H21ClN6O2S/c1-3-10-11(16)19-12(18-10)13(24)17-9-4-6-22(7-5-9)15-21-20-14(25-15)8(2)23/h8-9,23H,3-7H2,1-2H3,(H,17,24)(H,18,19). The number of anilines is 1. The van der Waals surface area contributed by atoms with E-state index in [1.54, 1.807) is 6.92 Å². The van der Waals surface area contributed by atoms with E-state index in [0.29, 0.717) is 16.6 Å². The number of halogens is 1. The quantitative estimate of drug-likeness (QED) is 0.727. The molecule has 2 aromatic heterocycles. The first-order valence-electron chi connectivity index (χ1n) is 8.29. The van der Waals surface area contributed by atoms with E-state index in [1.807, 2.05) is 6.92 Å². The molecule has 0 radical (unpaired) electrons.